The van der Waals surface area contributed by atoms with Gasteiger partial charge in [0.2, 0.25) is 0 Å². The predicted octanol–water partition coefficient (Wildman–Crippen LogP) is 2.22. The Morgan fingerprint density at radius 3 is 2.60 bits per heavy atom. The third-order valence-corrected chi connectivity index (χ3v) is 4.26. The molecule has 0 bridgehead atoms. The van der Waals surface area contributed by atoms with Crippen LogP contribution in [0.1, 0.15) is 11.1 Å². The van der Waals surface area contributed by atoms with Gasteiger partial charge in [-0.25, -0.2) is 12.8 Å². The number of nitrogens with one attached hydrogen (secondary N) is 1. The molecule has 0 saturated carbocycles. The highest BCUT2D eigenvalue weighted by molar-refractivity contribution is 7.92. The van der Waals surface area contributed by atoms with Crippen LogP contribution in [-0.4, -0.2) is 13.4 Å². The van der Waals surface area contributed by atoms with Crippen LogP contribution in [0, 0.1) is 19.7 Å². The average molecular weight is 295 g/mol. The maximum Gasteiger partial charge on any atom is 0.264 e. The zero-order chi connectivity index (χ0) is 14.9. The van der Waals surface area contributed by atoms with Crippen LogP contribution >= 0.6 is 0 Å². The largest absolute Gasteiger partial charge is 0.398 e. The summed E-state index contributed by atoms with van der Waals surface area (Å²) in [6, 6.07) is 3.72. The molecule has 0 fully saturated rings. The van der Waals surface area contributed by atoms with E-state index in [2.05, 4.69) is 9.71 Å². The van der Waals surface area contributed by atoms with Gasteiger partial charge in [-0.15, -0.1) is 0 Å². The molecule has 20 heavy (non-hydrogen) atoms. The molecule has 1 aromatic heterocycles. The van der Waals surface area contributed by atoms with Crippen molar-refractivity contribution in [3.63, 3.8) is 0 Å². The Labute approximate surface area is 116 Å². The second-order valence-corrected chi connectivity index (χ2v) is 6.09. The minimum absolute atomic E-state index is 0.221. The lowest BCUT2D eigenvalue weighted by Gasteiger charge is -2.12. The van der Waals surface area contributed by atoms with Crippen molar-refractivity contribution in [3.8, 4) is 0 Å². The standard InChI is InChI=1S/C13H14FN3O2S/c1-8-5-10(14)13(6-11(8)15)20(18,19)17-12-3-4-16-7-9(12)2/h3-7H,15H2,1-2H3,(H,16,17). The van der Waals surface area contributed by atoms with Gasteiger partial charge in [-0.2, -0.15) is 0 Å². The van der Waals surface area contributed by atoms with Crippen molar-refractivity contribution < 1.29 is 12.8 Å². The molecule has 2 aromatic rings. The summed E-state index contributed by atoms with van der Waals surface area (Å²) in [5, 5.41) is 0. The monoisotopic (exact) mass is 295 g/mol. The van der Waals surface area contributed by atoms with Gasteiger partial charge >= 0.3 is 0 Å². The molecule has 0 aliphatic rings. The van der Waals surface area contributed by atoms with Gasteiger partial charge in [0.25, 0.3) is 10.0 Å². The highest BCUT2D eigenvalue weighted by atomic mass is 32.2. The second kappa shape index (κ2) is 5.09. The van der Waals surface area contributed by atoms with E-state index in [9.17, 15) is 12.8 Å². The van der Waals surface area contributed by atoms with Gasteiger partial charge in [-0.05, 0) is 43.2 Å². The lowest BCUT2D eigenvalue weighted by molar-refractivity contribution is 0.570. The fraction of sp³-hybridized carbons (Fsp3) is 0.154. The molecule has 0 aliphatic carbocycles. The molecular formula is C13H14FN3O2S. The van der Waals surface area contributed by atoms with Crippen molar-refractivity contribution in [1.82, 2.24) is 4.98 Å². The number of benzene rings is 1. The van der Waals surface area contributed by atoms with E-state index in [1.54, 1.807) is 13.8 Å². The number of pyridine rings is 1. The second-order valence-electron chi connectivity index (χ2n) is 4.44. The number of aryl methyl sites for hydroxylation is 2. The molecule has 1 aromatic carbocycles. The number of rotatable bonds is 3. The van der Waals surface area contributed by atoms with Crippen molar-refractivity contribution in [1.29, 1.82) is 0 Å². The Bertz CT molecular complexity index is 760. The van der Waals surface area contributed by atoms with E-state index in [-0.39, 0.29) is 5.69 Å². The number of nitrogens with zero attached hydrogens (tertiary/aromatic N) is 1. The quantitative estimate of drug-likeness (QED) is 0.850. The Hall–Kier alpha value is -2.15. The Morgan fingerprint density at radius 1 is 1.25 bits per heavy atom. The summed E-state index contributed by atoms with van der Waals surface area (Å²) in [6.07, 6.45) is 2.96. The first kappa shape index (κ1) is 14.3. The summed E-state index contributed by atoms with van der Waals surface area (Å²) >= 11 is 0. The third kappa shape index (κ3) is 2.72. The van der Waals surface area contributed by atoms with E-state index in [1.165, 1.54) is 18.5 Å². The Kier molecular flexibility index (Phi) is 3.63. The maximum absolute atomic E-state index is 13.8. The van der Waals surface area contributed by atoms with E-state index < -0.39 is 20.7 Å². The van der Waals surface area contributed by atoms with Crippen molar-refractivity contribution in [2.45, 2.75) is 18.7 Å². The molecule has 106 valence electrons. The summed E-state index contributed by atoms with van der Waals surface area (Å²) in [4.78, 5) is 3.39. The van der Waals surface area contributed by atoms with Crippen molar-refractivity contribution in [2.75, 3.05) is 10.5 Å². The maximum atomic E-state index is 13.8. The summed E-state index contributed by atoms with van der Waals surface area (Å²) in [5.74, 6) is -0.837. The summed E-state index contributed by atoms with van der Waals surface area (Å²) in [7, 11) is -4.04. The van der Waals surface area contributed by atoms with Crippen molar-refractivity contribution in [2.24, 2.45) is 0 Å². The van der Waals surface area contributed by atoms with Crippen LogP contribution in [0.25, 0.3) is 0 Å². The van der Waals surface area contributed by atoms with Crippen LogP contribution < -0.4 is 10.5 Å². The summed E-state index contributed by atoms with van der Waals surface area (Å²) < 4.78 is 40.6. The van der Waals surface area contributed by atoms with Gasteiger partial charge in [0.05, 0.1) is 5.69 Å². The fourth-order valence-electron chi connectivity index (χ4n) is 1.66. The number of nitrogen functional groups attached to an aromatic ring is 1. The van der Waals surface area contributed by atoms with E-state index in [4.69, 9.17) is 5.73 Å². The van der Waals surface area contributed by atoms with Gasteiger partial charge in [-0.1, -0.05) is 0 Å². The minimum Gasteiger partial charge on any atom is -0.398 e. The van der Waals surface area contributed by atoms with E-state index >= 15 is 0 Å². The van der Waals surface area contributed by atoms with Crippen LogP contribution in [0.5, 0.6) is 0 Å². The molecule has 0 amide bonds. The topological polar surface area (TPSA) is 85.1 Å². The molecule has 0 atom stereocenters. The Balaban J connectivity index is 2.47. The van der Waals surface area contributed by atoms with Crippen LogP contribution in [-0.2, 0) is 10.0 Å². The molecule has 0 aliphatic heterocycles. The molecule has 0 spiro atoms. The first-order valence-electron chi connectivity index (χ1n) is 5.80. The number of hydrogen-bond acceptors (Lipinski definition) is 4. The number of hydrogen-bond donors (Lipinski definition) is 2. The lowest BCUT2D eigenvalue weighted by atomic mass is 10.2. The number of sulfonamides is 1. The Morgan fingerprint density at radius 2 is 1.95 bits per heavy atom. The summed E-state index contributed by atoms with van der Waals surface area (Å²) in [5.41, 5.74) is 7.33. The van der Waals surface area contributed by atoms with Crippen LogP contribution in [0.4, 0.5) is 15.8 Å². The first-order valence-corrected chi connectivity index (χ1v) is 7.28. The van der Waals surface area contributed by atoms with Crippen molar-refractivity contribution in [3.05, 3.63) is 47.5 Å². The fourth-order valence-corrected chi connectivity index (χ4v) is 2.89. The first-order chi connectivity index (χ1) is 9.31. The number of anilines is 2. The van der Waals surface area contributed by atoms with E-state index in [0.29, 0.717) is 16.8 Å². The predicted molar refractivity (Wildman–Crippen MR) is 75.3 cm³/mol. The smallest absolute Gasteiger partial charge is 0.264 e. The van der Waals surface area contributed by atoms with Crippen LogP contribution in [0.15, 0.2) is 35.5 Å². The SMILES string of the molecule is Cc1cc(F)c(S(=O)(=O)Nc2ccncc2C)cc1N. The molecular weight excluding hydrogens is 281 g/mol. The molecule has 7 heteroatoms. The highest BCUT2D eigenvalue weighted by Crippen LogP contribution is 2.24. The molecule has 0 saturated heterocycles. The number of nitrogens with two attached hydrogens (primary N) is 1. The van der Waals surface area contributed by atoms with Crippen molar-refractivity contribution >= 4 is 21.4 Å². The third-order valence-electron chi connectivity index (χ3n) is 2.87. The van der Waals surface area contributed by atoms with Gasteiger partial charge in [0.1, 0.15) is 10.7 Å². The van der Waals surface area contributed by atoms with Gasteiger partial charge in [0.15, 0.2) is 0 Å². The summed E-state index contributed by atoms with van der Waals surface area (Å²) in [6.45, 7) is 3.31. The number of aromatic nitrogens is 1. The van der Waals surface area contributed by atoms with E-state index in [1.807, 2.05) is 0 Å². The van der Waals surface area contributed by atoms with Gasteiger partial charge in [-0.3, -0.25) is 9.71 Å². The normalized spacial score (nSPS) is 11.3. The van der Waals surface area contributed by atoms with Gasteiger partial charge < -0.3 is 5.73 Å². The molecule has 5 nitrogen and oxygen atoms in total. The minimum atomic E-state index is -4.04. The number of halogens is 1. The molecule has 0 unspecified atom stereocenters. The van der Waals surface area contributed by atoms with E-state index in [0.717, 1.165) is 12.1 Å². The van der Waals surface area contributed by atoms with Crippen LogP contribution in [0.2, 0.25) is 0 Å². The molecule has 2 rings (SSSR count). The van der Waals surface area contributed by atoms with Gasteiger partial charge in [0, 0.05) is 18.1 Å². The molecule has 3 N–H and O–H groups in total. The molecule has 0 radical (unpaired) electrons. The zero-order valence-electron chi connectivity index (χ0n) is 11.0. The molecule has 1 heterocycles. The highest BCUT2D eigenvalue weighted by Gasteiger charge is 2.21. The lowest BCUT2D eigenvalue weighted by Crippen LogP contribution is -2.16. The zero-order valence-corrected chi connectivity index (χ0v) is 11.8. The average Bonchev–Trinajstić information content (AvgIpc) is 2.36. The van der Waals surface area contributed by atoms with Crippen LogP contribution in [0.3, 0.4) is 0 Å².